The monoisotopic (exact) mass is 213 g/mol. The van der Waals surface area contributed by atoms with Crippen LogP contribution in [0, 0.1) is 17.3 Å². The maximum atomic E-state index is 13.2. The van der Waals surface area contributed by atoms with Crippen LogP contribution in [0.5, 0.6) is 0 Å². The molecule has 0 aliphatic heterocycles. The lowest BCUT2D eigenvalue weighted by Gasteiger charge is -2.03. The van der Waals surface area contributed by atoms with Crippen molar-refractivity contribution in [2.75, 3.05) is 0 Å². The van der Waals surface area contributed by atoms with Gasteiger partial charge in [-0.05, 0) is 23.8 Å². The molecule has 2 heterocycles. The van der Waals surface area contributed by atoms with Crippen molar-refractivity contribution in [2.24, 2.45) is 0 Å². The van der Waals surface area contributed by atoms with Gasteiger partial charge in [-0.2, -0.15) is 9.65 Å². The molecule has 16 heavy (non-hydrogen) atoms. The molecule has 0 unspecified atom stereocenters. The van der Waals surface area contributed by atoms with Crippen molar-refractivity contribution >= 4 is 0 Å². The van der Waals surface area contributed by atoms with Crippen LogP contribution in [0.4, 0.5) is 4.39 Å². The third kappa shape index (κ3) is 2.04. The third-order valence-electron chi connectivity index (χ3n) is 2.19. The van der Waals surface area contributed by atoms with Gasteiger partial charge in [-0.1, -0.05) is 0 Å². The average molecular weight is 213 g/mol. The predicted molar refractivity (Wildman–Crippen MR) is 56.7 cm³/mol. The lowest BCUT2D eigenvalue weighted by atomic mass is 10.1. The number of halogens is 1. The molecule has 0 atom stereocenters. The summed E-state index contributed by atoms with van der Waals surface area (Å²) in [6.45, 7) is 0. The van der Waals surface area contributed by atoms with E-state index in [2.05, 4.69) is 9.97 Å². The van der Waals surface area contributed by atoms with Gasteiger partial charge in [-0.3, -0.25) is 4.98 Å². The standard InChI is InChI=1S/C12H8FN3/c13-12-10(1-4-14)7-11(8-16-12)9-2-5-15-6-3-9/h2-3,5-8H,1H2. The van der Waals surface area contributed by atoms with Gasteiger partial charge in [0, 0.05) is 29.7 Å². The summed E-state index contributed by atoms with van der Waals surface area (Å²) in [5.74, 6) is -0.584. The first-order valence-corrected chi connectivity index (χ1v) is 4.73. The Labute approximate surface area is 92.2 Å². The highest BCUT2D eigenvalue weighted by Crippen LogP contribution is 2.19. The fourth-order valence-electron chi connectivity index (χ4n) is 1.41. The second kappa shape index (κ2) is 4.49. The molecule has 0 aliphatic rings. The van der Waals surface area contributed by atoms with Gasteiger partial charge in [-0.15, -0.1) is 0 Å². The van der Waals surface area contributed by atoms with Gasteiger partial charge < -0.3 is 0 Å². The molecule has 3 nitrogen and oxygen atoms in total. The largest absolute Gasteiger partial charge is 0.265 e. The van der Waals surface area contributed by atoms with Crippen molar-refractivity contribution in [1.29, 1.82) is 5.26 Å². The molecule has 0 bridgehead atoms. The maximum Gasteiger partial charge on any atom is 0.217 e. The minimum Gasteiger partial charge on any atom is -0.265 e. The molecule has 0 aliphatic carbocycles. The van der Waals surface area contributed by atoms with E-state index in [0.717, 1.165) is 11.1 Å². The van der Waals surface area contributed by atoms with Crippen molar-refractivity contribution in [3.05, 3.63) is 48.3 Å². The summed E-state index contributed by atoms with van der Waals surface area (Å²) in [7, 11) is 0. The first-order valence-electron chi connectivity index (χ1n) is 4.73. The van der Waals surface area contributed by atoms with E-state index in [1.807, 2.05) is 18.2 Å². The summed E-state index contributed by atoms with van der Waals surface area (Å²) in [5.41, 5.74) is 2.01. The lowest BCUT2D eigenvalue weighted by molar-refractivity contribution is 0.571. The number of nitrogens with zero attached hydrogens (tertiary/aromatic N) is 3. The van der Waals surface area contributed by atoms with Crippen molar-refractivity contribution in [2.45, 2.75) is 6.42 Å². The third-order valence-corrected chi connectivity index (χ3v) is 2.19. The minimum atomic E-state index is -0.584. The van der Waals surface area contributed by atoms with Crippen LogP contribution in [-0.4, -0.2) is 9.97 Å². The SMILES string of the molecule is N#CCc1cc(-c2ccncc2)cnc1F. The fourth-order valence-corrected chi connectivity index (χ4v) is 1.41. The van der Waals surface area contributed by atoms with Gasteiger partial charge in [-0.25, -0.2) is 4.98 Å². The molecule has 4 heteroatoms. The van der Waals surface area contributed by atoms with Crippen molar-refractivity contribution in [3.8, 4) is 17.2 Å². The Kier molecular flexibility index (Phi) is 2.88. The van der Waals surface area contributed by atoms with Crippen LogP contribution in [0.15, 0.2) is 36.8 Å². The molecular formula is C12H8FN3. The van der Waals surface area contributed by atoms with Gasteiger partial charge >= 0.3 is 0 Å². The molecule has 0 spiro atoms. The Morgan fingerprint density at radius 1 is 1.25 bits per heavy atom. The number of pyridine rings is 2. The maximum absolute atomic E-state index is 13.2. The highest BCUT2D eigenvalue weighted by Gasteiger charge is 2.05. The fraction of sp³-hybridized carbons (Fsp3) is 0.0833. The van der Waals surface area contributed by atoms with E-state index in [9.17, 15) is 4.39 Å². The molecule has 0 amide bonds. The van der Waals surface area contributed by atoms with Crippen LogP contribution in [0.25, 0.3) is 11.1 Å². The molecule has 0 saturated carbocycles. The topological polar surface area (TPSA) is 49.6 Å². The van der Waals surface area contributed by atoms with E-state index < -0.39 is 5.95 Å². The Bertz CT molecular complexity index is 532. The van der Waals surface area contributed by atoms with Gasteiger partial charge in [0.2, 0.25) is 5.95 Å². The van der Waals surface area contributed by atoms with E-state index in [1.54, 1.807) is 18.5 Å². The van der Waals surface area contributed by atoms with Gasteiger partial charge in [0.25, 0.3) is 0 Å². The van der Waals surface area contributed by atoms with Crippen LogP contribution >= 0.6 is 0 Å². The Hall–Kier alpha value is -2.28. The zero-order valence-electron chi connectivity index (χ0n) is 8.39. The van der Waals surface area contributed by atoms with Crippen LogP contribution in [0.2, 0.25) is 0 Å². The molecule has 2 aromatic rings. The second-order valence-electron chi connectivity index (χ2n) is 3.24. The van der Waals surface area contributed by atoms with Crippen molar-refractivity contribution < 1.29 is 4.39 Å². The molecule has 0 aromatic carbocycles. The quantitative estimate of drug-likeness (QED) is 0.719. The van der Waals surface area contributed by atoms with Gasteiger partial charge in [0.1, 0.15) is 0 Å². The molecule has 0 saturated heterocycles. The summed E-state index contributed by atoms with van der Waals surface area (Å²) in [6.07, 6.45) is 4.79. The first-order chi connectivity index (χ1) is 7.81. The molecule has 2 rings (SSSR count). The zero-order chi connectivity index (χ0) is 11.4. The first kappa shape index (κ1) is 10.2. The second-order valence-corrected chi connectivity index (χ2v) is 3.24. The number of rotatable bonds is 2. The van der Waals surface area contributed by atoms with Crippen molar-refractivity contribution in [3.63, 3.8) is 0 Å². The summed E-state index contributed by atoms with van der Waals surface area (Å²) in [4.78, 5) is 7.54. The predicted octanol–water partition coefficient (Wildman–Crippen LogP) is 2.35. The van der Waals surface area contributed by atoms with Crippen LogP contribution < -0.4 is 0 Å². The average Bonchev–Trinajstić information content (AvgIpc) is 2.33. The smallest absolute Gasteiger partial charge is 0.217 e. The number of hydrogen-bond donors (Lipinski definition) is 0. The normalized spacial score (nSPS) is 9.75. The summed E-state index contributed by atoms with van der Waals surface area (Å²) in [6, 6.07) is 7.17. The van der Waals surface area contributed by atoms with Crippen LogP contribution in [-0.2, 0) is 6.42 Å². The zero-order valence-corrected chi connectivity index (χ0v) is 8.39. The molecular weight excluding hydrogens is 205 g/mol. The Balaban J connectivity index is 2.45. The minimum absolute atomic E-state index is 0.0256. The van der Waals surface area contributed by atoms with E-state index in [0.29, 0.717) is 5.56 Å². The Morgan fingerprint density at radius 3 is 2.69 bits per heavy atom. The molecule has 2 aromatic heterocycles. The highest BCUT2D eigenvalue weighted by molar-refractivity contribution is 5.62. The number of aromatic nitrogens is 2. The molecule has 0 N–H and O–H groups in total. The number of hydrogen-bond acceptors (Lipinski definition) is 3. The van der Waals surface area contributed by atoms with E-state index in [1.165, 1.54) is 6.20 Å². The highest BCUT2D eigenvalue weighted by atomic mass is 19.1. The number of nitriles is 1. The van der Waals surface area contributed by atoms with E-state index in [4.69, 9.17) is 5.26 Å². The molecule has 0 radical (unpaired) electrons. The molecule has 0 fully saturated rings. The molecule has 78 valence electrons. The summed E-state index contributed by atoms with van der Waals surface area (Å²) < 4.78 is 13.2. The van der Waals surface area contributed by atoms with E-state index >= 15 is 0 Å². The van der Waals surface area contributed by atoms with E-state index in [-0.39, 0.29) is 6.42 Å². The van der Waals surface area contributed by atoms with Crippen LogP contribution in [0.3, 0.4) is 0 Å². The summed E-state index contributed by atoms with van der Waals surface area (Å²) >= 11 is 0. The van der Waals surface area contributed by atoms with Gasteiger partial charge in [0.05, 0.1) is 12.5 Å². The van der Waals surface area contributed by atoms with Crippen molar-refractivity contribution in [1.82, 2.24) is 9.97 Å². The lowest BCUT2D eigenvalue weighted by Crippen LogP contribution is -1.93. The van der Waals surface area contributed by atoms with Crippen LogP contribution in [0.1, 0.15) is 5.56 Å². The van der Waals surface area contributed by atoms with Gasteiger partial charge in [0.15, 0.2) is 0 Å². The Morgan fingerprint density at radius 2 is 2.00 bits per heavy atom. The summed E-state index contributed by atoms with van der Waals surface area (Å²) in [5, 5.41) is 8.55.